The monoisotopic (exact) mass is 509 g/mol. The minimum Gasteiger partial charge on any atom is -0.355 e. The second kappa shape index (κ2) is 10.8. The number of hydrogen-bond donors (Lipinski definition) is 1. The van der Waals surface area contributed by atoms with E-state index in [-0.39, 0.29) is 12.5 Å². The first-order valence-corrected chi connectivity index (χ1v) is 12.5. The molecule has 0 aliphatic carbocycles. The average molecular weight is 510 g/mol. The molecule has 0 saturated heterocycles. The molecule has 0 fully saturated rings. The Labute approximate surface area is 192 Å². The van der Waals surface area contributed by atoms with Crippen molar-refractivity contribution in [1.29, 1.82) is 0 Å². The minimum atomic E-state index is -3.73. The zero-order valence-electron chi connectivity index (χ0n) is 18.1. The molecule has 2 amide bonds. The number of carbonyl (C=O) groups excluding carboxylic acids is 2. The number of nitrogens with zero attached hydrogens (tertiary/aromatic N) is 2. The lowest BCUT2D eigenvalue weighted by Gasteiger charge is -2.31. The molecule has 1 N–H and O–H groups in total. The molecular formula is C22H28BrN3O4S. The second-order valence-corrected chi connectivity index (χ2v) is 10.1. The Hall–Kier alpha value is -2.39. The lowest BCUT2D eigenvalue weighted by Crippen LogP contribution is -2.51. The van der Waals surface area contributed by atoms with Gasteiger partial charge in [0.1, 0.15) is 12.6 Å². The second-order valence-electron chi connectivity index (χ2n) is 7.28. The first-order chi connectivity index (χ1) is 14.5. The molecule has 0 aliphatic heterocycles. The van der Waals surface area contributed by atoms with Crippen molar-refractivity contribution in [2.24, 2.45) is 0 Å². The Morgan fingerprint density at radius 3 is 2.39 bits per heavy atom. The maximum Gasteiger partial charge on any atom is 0.244 e. The number of likely N-dealkylation sites (N-methyl/N-ethyl adjacent to an activating group) is 1. The molecule has 2 aromatic rings. The standard InChI is InChI=1S/C22H28BrN3O4S/c1-5-24-22(28)17(3)25(14-18-10-8-11-19(23)13-18)21(27)15-26(31(4,29)30)20-12-7-6-9-16(20)2/h6-13,17H,5,14-15H2,1-4H3,(H,24,28)/t17-/m1/s1. The number of amides is 2. The smallest absolute Gasteiger partial charge is 0.244 e. The van der Waals surface area contributed by atoms with Gasteiger partial charge in [-0.05, 0) is 50.1 Å². The summed E-state index contributed by atoms with van der Waals surface area (Å²) in [5.74, 6) is -0.764. The maximum absolute atomic E-state index is 13.4. The van der Waals surface area contributed by atoms with Gasteiger partial charge in [-0.3, -0.25) is 13.9 Å². The van der Waals surface area contributed by atoms with Gasteiger partial charge in [-0.25, -0.2) is 8.42 Å². The SMILES string of the molecule is CCNC(=O)[C@@H](C)N(Cc1cccc(Br)c1)C(=O)CN(c1ccccc1C)S(C)(=O)=O. The molecule has 2 rings (SSSR count). The van der Waals surface area contributed by atoms with Crippen molar-refractivity contribution < 1.29 is 18.0 Å². The Balaban J connectivity index is 2.40. The number of aryl methyl sites for hydroxylation is 1. The number of nitrogens with one attached hydrogen (secondary N) is 1. The lowest BCUT2D eigenvalue weighted by molar-refractivity contribution is -0.139. The summed E-state index contributed by atoms with van der Waals surface area (Å²) in [5, 5.41) is 2.73. The molecule has 0 saturated carbocycles. The summed E-state index contributed by atoms with van der Waals surface area (Å²) in [6, 6.07) is 13.6. The van der Waals surface area contributed by atoms with Crippen LogP contribution < -0.4 is 9.62 Å². The van der Waals surface area contributed by atoms with Crippen LogP contribution in [0.5, 0.6) is 0 Å². The van der Waals surface area contributed by atoms with Gasteiger partial charge in [0.2, 0.25) is 21.8 Å². The van der Waals surface area contributed by atoms with Gasteiger partial charge in [-0.15, -0.1) is 0 Å². The van der Waals surface area contributed by atoms with Gasteiger partial charge >= 0.3 is 0 Å². The van der Waals surface area contributed by atoms with Crippen LogP contribution >= 0.6 is 15.9 Å². The van der Waals surface area contributed by atoms with E-state index in [1.807, 2.05) is 24.3 Å². The van der Waals surface area contributed by atoms with E-state index in [0.717, 1.165) is 26.2 Å². The fraction of sp³-hybridized carbons (Fsp3) is 0.364. The Bertz CT molecular complexity index is 1040. The van der Waals surface area contributed by atoms with Crippen molar-refractivity contribution in [3.8, 4) is 0 Å². The van der Waals surface area contributed by atoms with Crippen LogP contribution in [0, 0.1) is 6.92 Å². The number of sulfonamides is 1. The summed E-state index contributed by atoms with van der Waals surface area (Å²) < 4.78 is 27.0. The number of benzene rings is 2. The predicted octanol–water partition coefficient (Wildman–Crippen LogP) is 3.08. The van der Waals surface area contributed by atoms with Crippen LogP contribution in [0.15, 0.2) is 53.0 Å². The van der Waals surface area contributed by atoms with E-state index in [9.17, 15) is 18.0 Å². The van der Waals surface area contributed by atoms with Crippen molar-refractivity contribution in [2.75, 3.05) is 23.7 Å². The predicted molar refractivity (Wildman–Crippen MR) is 126 cm³/mol. The summed E-state index contributed by atoms with van der Waals surface area (Å²) in [4.78, 5) is 27.3. The Kier molecular flexibility index (Phi) is 8.64. The normalized spacial score (nSPS) is 12.2. The molecule has 1 atom stereocenters. The quantitative estimate of drug-likeness (QED) is 0.562. The molecule has 9 heteroatoms. The fourth-order valence-corrected chi connectivity index (χ4v) is 4.53. The topological polar surface area (TPSA) is 86.8 Å². The number of halogens is 1. The van der Waals surface area contributed by atoms with Crippen LogP contribution in [0.2, 0.25) is 0 Å². The first kappa shape index (κ1) is 24.9. The molecule has 0 aromatic heterocycles. The van der Waals surface area contributed by atoms with E-state index in [4.69, 9.17) is 0 Å². The van der Waals surface area contributed by atoms with Gasteiger partial charge < -0.3 is 10.2 Å². The number of carbonyl (C=O) groups is 2. The van der Waals surface area contributed by atoms with Crippen LogP contribution in [0.3, 0.4) is 0 Å². The Morgan fingerprint density at radius 1 is 1.13 bits per heavy atom. The highest BCUT2D eigenvalue weighted by molar-refractivity contribution is 9.10. The fourth-order valence-electron chi connectivity index (χ4n) is 3.17. The van der Waals surface area contributed by atoms with Crippen molar-refractivity contribution >= 4 is 43.5 Å². The molecular weight excluding hydrogens is 482 g/mol. The molecule has 0 radical (unpaired) electrons. The maximum atomic E-state index is 13.4. The van der Waals surface area contributed by atoms with Crippen molar-refractivity contribution in [1.82, 2.24) is 10.2 Å². The molecule has 168 valence electrons. The molecule has 0 bridgehead atoms. The van der Waals surface area contributed by atoms with Gasteiger partial charge in [0.15, 0.2) is 0 Å². The molecule has 2 aromatic carbocycles. The van der Waals surface area contributed by atoms with Crippen LogP contribution in [0.4, 0.5) is 5.69 Å². The summed E-state index contributed by atoms with van der Waals surface area (Å²) in [6.45, 7) is 5.42. The summed E-state index contributed by atoms with van der Waals surface area (Å²) in [7, 11) is -3.73. The summed E-state index contributed by atoms with van der Waals surface area (Å²) >= 11 is 3.41. The van der Waals surface area contributed by atoms with Crippen LogP contribution in [-0.2, 0) is 26.2 Å². The van der Waals surface area contributed by atoms with Crippen molar-refractivity contribution in [3.05, 3.63) is 64.1 Å². The molecule has 0 unspecified atom stereocenters. The zero-order chi connectivity index (χ0) is 23.2. The number of anilines is 1. The van der Waals surface area contributed by atoms with Gasteiger partial charge in [-0.1, -0.05) is 46.3 Å². The van der Waals surface area contributed by atoms with Crippen LogP contribution in [0.1, 0.15) is 25.0 Å². The van der Waals surface area contributed by atoms with E-state index in [1.54, 1.807) is 45.0 Å². The van der Waals surface area contributed by atoms with Gasteiger partial charge in [0, 0.05) is 17.6 Å². The van der Waals surface area contributed by atoms with E-state index in [1.165, 1.54) is 4.90 Å². The first-order valence-electron chi connectivity index (χ1n) is 9.89. The molecule has 0 spiro atoms. The third-order valence-electron chi connectivity index (χ3n) is 4.82. The Morgan fingerprint density at radius 2 is 1.81 bits per heavy atom. The molecule has 31 heavy (non-hydrogen) atoms. The zero-order valence-corrected chi connectivity index (χ0v) is 20.5. The van der Waals surface area contributed by atoms with Gasteiger partial charge in [0.25, 0.3) is 0 Å². The highest BCUT2D eigenvalue weighted by Crippen LogP contribution is 2.23. The largest absolute Gasteiger partial charge is 0.355 e. The van der Waals surface area contributed by atoms with Gasteiger partial charge in [0.05, 0.1) is 11.9 Å². The van der Waals surface area contributed by atoms with Crippen molar-refractivity contribution in [3.63, 3.8) is 0 Å². The van der Waals surface area contributed by atoms with E-state index in [0.29, 0.717) is 12.2 Å². The van der Waals surface area contributed by atoms with Crippen LogP contribution in [-0.4, -0.2) is 50.5 Å². The molecule has 0 aliphatic rings. The summed E-state index contributed by atoms with van der Waals surface area (Å²) in [5.41, 5.74) is 1.99. The number of hydrogen-bond acceptors (Lipinski definition) is 4. The average Bonchev–Trinajstić information content (AvgIpc) is 2.69. The number of rotatable bonds is 9. The highest BCUT2D eigenvalue weighted by atomic mass is 79.9. The van der Waals surface area contributed by atoms with Gasteiger partial charge in [-0.2, -0.15) is 0 Å². The lowest BCUT2D eigenvalue weighted by atomic mass is 10.1. The van der Waals surface area contributed by atoms with E-state index >= 15 is 0 Å². The number of para-hydroxylation sites is 1. The summed E-state index contributed by atoms with van der Waals surface area (Å²) in [6.07, 6.45) is 1.07. The van der Waals surface area contributed by atoms with Crippen LogP contribution in [0.25, 0.3) is 0 Å². The van der Waals surface area contributed by atoms with E-state index in [2.05, 4.69) is 21.2 Å². The third-order valence-corrected chi connectivity index (χ3v) is 6.44. The molecule has 0 heterocycles. The molecule has 7 nitrogen and oxygen atoms in total. The van der Waals surface area contributed by atoms with Crippen molar-refractivity contribution in [2.45, 2.75) is 33.4 Å². The third kappa shape index (κ3) is 6.80. The van der Waals surface area contributed by atoms with E-state index < -0.39 is 28.5 Å². The minimum absolute atomic E-state index is 0.169. The highest BCUT2D eigenvalue weighted by Gasteiger charge is 2.30.